The molecule has 0 radical (unpaired) electrons. The van der Waals surface area contributed by atoms with Gasteiger partial charge in [-0.25, -0.2) is 16.8 Å². The third-order valence-corrected chi connectivity index (χ3v) is 32.6. The smallest absolute Gasteiger partial charge is 0.162 e. The Morgan fingerprint density at radius 1 is 0.291 bits per heavy atom. The van der Waals surface area contributed by atoms with E-state index in [-0.39, 0.29) is 21.0 Å². The number of unbranched alkanes of at least 4 members (excludes halogenated alkanes) is 5. The van der Waals surface area contributed by atoms with Crippen molar-refractivity contribution in [3.05, 3.63) is 72.9 Å². The van der Waals surface area contributed by atoms with Gasteiger partial charge in [0.2, 0.25) is 0 Å². The highest BCUT2D eigenvalue weighted by atomic mass is 32.2. The first-order valence-corrected chi connectivity index (χ1v) is 61.8. The lowest BCUT2D eigenvalue weighted by molar-refractivity contribution is 0.0672. The minimum Gasteiger partial charge on any atom is -0.376 e. The second kappa shape index (κ2) is 124. The summed E-state index contributed by atoms with van der Waals surface area (Å²) in [7, 11) is -5.52. The van der Waals surface area contributed by atoms with E-state index in [4.69, 9.17) is 9.47 Å². The van der Waals surface area contributed by atoms with Gasteiger partial charge in [0.25, 0.3) is 0 Å². The maximum atomic E-state index is 11.1. The molecule has 6 nitrogen and oxygen atoms in total. The Kier molecular flexibility index (Phi) is 155. The minimum atomic E-state index is -2.81. The van der Waals surface area contributed by atoms with Crippen molar-refractivity contribution in [3.63, 3.8) is 0 Å². The Hall–Kier alpha value is -1.74. The summed E-state index contributed by atoms with van der Waals surface area (Å²) in [4.78, 5) is 0. The van der Waals surface area contributed by atoms with Crippen molar-refractivity contribution in [1.29, 1.82) is 0 Å². The molecule has 16 atom stereocenters. The first-order valence-electron chi connectivity index (χ1n) is 58.6. The maximum Gasteiger partial charge on any atom is 0.162 e. The van der Waals surface area contributed by atoms with Gasteiger partial charge < -0.3 is 9.47 Å². The highest BCUT2D eigenvalue weighted by molar-refractivity contribution is 7.93. The van der Waals surface area contributed by atoms with E-state index in [0.717, 1.165) is 102 Å². The highest BCUT2D eigenvalue weighted by Gasteiger charge is 2.38. The van der Waals surface area contributed by atoms with Crippen molar-refractivity contribution in [2.45, 2.75) is 652 Å². The average molecular weight is 1950 g/mol. The second-order valence-corrected chi connectivity index (χ2v) is 45.3. The molecular weight excluding hydrogens is 1670 g/mol. The lowest BCUT2D eigenvalue weighted by Gasteiger charge is -2.28. The van der Waals surface area contributed by atoms with Crippen LogP contribution in [0.2, 0.25) is 0 Å². The molecule has 134 heavy (non-hydrogen) atoms. The van der Waals surface area contributed by atoms with Gasteiger partial charge in [-0.1, -0.05) is 547 Å². The zero-order valence-electron chi connectivity index (χ0n) is 105. The van der Waals surface area contributed by atoms with E-state index in [9.17, 15) is 16.8 Å². The molecule has 824 valence electrons. The average Bonchev–Trinajstić information content (AvgIpc) is 1.71. The molecular formula is C126H272O6S2. The number of ether oxygens (including phenoxy) is 2. The van der Waals surface area contributed by atoms with Crippen LogP contribution in [0.15, 0.2) is 72.9 Å². The Morgan fingerprint density at radius 3 is 0.612 bits per heavy atom. The fourth-order valence-corrected chi connectivity index (χ4v) is 15.6. The SMILES string of the molecule is C/C=C\CC.CC.CC.CC.CC.CC.CC.CC/C=C\CC.CC1C=CC(C)C1.CC1C=CC(C)C1(C)C.CC1C=CC(C)O1.CC1C=CC(C)S1(=O)=O.CC1CCC(C)C1.CC1CCC(C)C1(C)C.CC1CCC(C)O1.CC1CCC(C)S1(=O)=O.CCC(C)CC.CCC(C)CC.CCC(C)CC.CCC(C)CC.CCC(C)CC.CCC(C)CC.CCCCC.CCCCCC. The van der Waals surface area contributed by atoms with Gasteiger partial charge in [-0.15, -0.1) is 0 Å². The van der Waals surface area contributed by atoms with Gasteiger partial charge in [-0.2, -0.15) is 0 Å². The summed E-state index contributed by atoms with van der Waals surface area (Å²) in [5.74, 6) is 12.7. The molecule has 4 aliphatic heterocycles. The summed E-state index contributed by atoms with van der Waals surface area (Å²) in [6.07, 6.45) is 69.1. The Labute approximate surface area is 859 Å². The minimum absolute atomic E-state index is 0.0903. The number of hydrogen-bond donors (Lipinski definition) is 0. The Balaban J connectivity index is -0.0000000783. The molecule has 0 amide bonds. The van der Waals surface area contributed by atoms with E-state index < -0.39 is 19.7 Å². The molecule has 8 aliphatic rings. The molecule has 0 bridgehead atoms. The van der Waals surface area contributed by atoms with E-state index in [1.165, 1.54) is 186 Å². The lowest BCUT2D eigenvalue weighted by Crippen LogP contribution is -2.21. The molecule has 8 rings (SSSR count). The topological polar surface area (TPSA) is 86.7 Å². The van der Waals surface area contributed by atoms with Gasteiger partial charge in [-0.3, -0.25) is 0 Å². The van der Waals surface area contributed by atoms with E-state index in [0.29, 0.717) is 35.2 Å². The predicted octanol–water partition coefficient (Wildman–Crippen LogP) is 45.2. The summed E-state index contributed by atoms with van der Waals surface area (Å²) >= 11 is 0. The molecule has 4 fully saturated rings. The fraction of sp³-hybridized carbons (Fsp3) is 0.905. The molecule has 2 saturated carbocycles. The van der Waals surface area contributed by atoms with Crippen molar-refractivity contribution in [3.8, 4) is 0 Å². The van der Waals surface area contributed by atoms with Crippen molar-refractivity contribution in [2.24, 2.45) is 93.7 Å². The third-order valence-electron chi connectivity index (χ3n) is 27.5. The molecule has 0 N–H and O–H groups in total. The molecule has 8 heteroatoms. The van der Waals surface area contributed by atoms with E-state index in [1.807, 2.05) is 104 Å². The van der Waals surface area contributed by atoms with Crippen molar-refractivity contribution >= 4 is 19.7 Å². The molecule has 0 aromatic rings. The zero-order valence-corrected chi connectivity index (χ0v) is 106. The fourth-order valence-electron chi connectivity index (χ4n) is 12.6. The van der Waals surface area contributed by atoms with Crippen LogP contribution in [0.4, 0.5) is 0 Å². The van der Waals surface area contributed by atoms with Gasteiger partial charge in [0.05, 0.1) is 45.4 Å². The summed E-state index contributed by atoms with van der Waals surface area (Å²) < 4.78 is 54.9. The van der Waals surface area contributed by atoms with Crippen LogP contribution in [0.1, 0.15) is 607 Å². The summed E-state index contributed by atoms with van der Waals surface area (Å²) in [6.45, 7) is 125. The zero-order chi connectivity index (χ0) is 109. The van der Waals surface area contributed by atoms with Crippen molar-refractivity contribution in [2.75, 3.05) is 0 Å². The van der Waals surface area contributed by atoms with Crippen LogP contribution >= 0.6 is 0 Å². The van der Waals surface area contributed by atoms with Crippen LogP contribution < -0.4 is 0 Å². The largest absolute Gasteiger partial charge is 0.376 e. The van der Waals surface area contributed by atoms with Gasteiger partial charge in [-0.05, 0) is 227 Å². The molecule has 4 aliphatic carbocycles. The standard InChI is InChI=1S/C9H18.C9H16.C7H14.C7H12.C6H12O2S.C6H10O2S.C6H12O.C6H10O.7C6H14.C6H12.C5H12.C5H10.6C2H6/c2*1-7-5-6-8(2)9(7,3)4;2*1-6-3-4-7(2)5-6;2*1-5-3-4-6(2)9(5,7)8;2*1-5-3-4-6(2)7-5;6*1-4-6(3)5-2;2*1-3-5-6-4-2;2*1-3-5-4-2;6*1-2/h7-8H,5-6H2,1-4H3;5-8H,1-4H3;6-7H,3-5H2,1-2H3;3-4,6-7H,5H2,1-2H3;5-6H,3-4H2,1-2H3;3-6H,1-2H3;5-6H,3-4H2,1-2H3;3-6H,1-2H3;6*6H,4-5H2,1-3H3;3-6H2,1-2H3;5-6H,3-4H2,1-2H3;3-5H2,1-2H3;3,5H,4H2,1-2H3;6*1-2H3/b;;;;;;;;;;;;;;;6-5-;;5-3-;;;;;;. The quantitative estimate of drug-likeness (QED) is 0.0892. The number of rotatable bonds is 20. The first kappa shape index (κ1) is 169. The summed E-state index contributed by atoms with van der Waals surface area (Å²) in [5, 5.41) is -0.722. The Bertz CT molecular complexity index is 2260. The van der Waals surface area contributed by atoms with Gasteiger partial charge in [0.15, 0.2) is 19.7 Å². The molecule has 0 aromatic carbocycles. The molecule has 16 unspecified atom stereocenters. The van der Waals surface area contributed by atoms with Crippen LogP contribution in [-0.2, 0) is 29.1 Å². The normalized spacial score (nSPS) is 23.9. The van der Waals surface area contributed by atoms with Gasteiger partial charge in [0.1, 0.15) is 0 Å². The highest BCUT2D eigenvalue weighted by Crippen LogP contribution is 2.46. The monoisotopic (exact) mass is 1950 g/mol. The Morgan fingerprint density at radius 2 is 0.537 bits per heavy atom. The van der Waals surface area contributed by atoms with Crippen LogP contribution in [0.25, 0.3) is 0 Å². The lowest BCUT2D eigenvalue weighted by atomic mass is 9.76. The van der Waals surface area contributed by atoms with Crippen LogP contribution in [0.5, 0.6) is 0 Å². The van der Waals surface area contributed by atoms with Crippen LogP contribution in [-0.4, -0.2) is 62.3 Å². The van der Waals surface area contributed by atoms with E-state index >= 15 is 0 Å². The number of sulfone groups is 2. The molecule has 0 spiro atoms. The molecule has 4 heterocycles. The second-order valence-electron chi connectivity index (χ2n) is 39.9. The van der Waals surface area contributed by atoms with E-state index in [2.05, 4.69) is 331 Å². The van der Waals surface area contributed by atoms with Crippen LogP contribution in [0.3, 0.4) is 0 Å². The maximum absolute atomic E-state index is 11.1. The van der Waals surface area contributed by atoms with E-state index in [1.54, 1.807) is 39.8 Å². The predicted molar refractivity (Wildman–Crippen MR) is 636 cm³/mol. The number of hydrogen-bond acceptors (Lipinski definition) is 6. The van der Waals surface area contributed by atoms with Crippen molar-refractivity contribution < 1.29 is 26.3 Å². The van der Waals surface area contributed by atoms with Crippen molar-refractivity contribution in [1.82, 2.24) is 0 Å². The van der Waals surface area contributed by atoms with Crippen LogP contribution in [0, 0.1) is 93.7 Å². The summed E-state index contributed by atoms with van der Waals surface area (Å²) in [5.41, 5.74) is 1.11. The number of allylic oxidation sites excluding steroid dienone is 8. The first-order chi connectivity index (χ1) is 62.9. The summed E-state index contributed by atoms with van der Waals surface area (Å²) in [6, 6.07) is 0. The van der Waals surface area contributed by atoms with Gasteiger partial charge >= 0.3 is 0 Å². The third kappa shape index (κ3) is 117. The molecule has 0 aromatic heterocycles. The molecule has 2 saturated heterocycles. The van der Waals surface area contributed by atoms with Gasteiger partial charge in [0, 0.05) is 0 Å².